The van der Waals surface area contributed by atoms with E-state index in [-0.39, 0.29) is 6.61 Å². The van der Waals surface area contributed by atoms with Crippen molar-refractivity contribution in [3.8, 4) is 5.75 Å². The first-order chi connectivity index (χ1) is 8.83. The molecule has 1 saturated carbocycles. The molecule has 3 rings (SSSR count). The second-order valence-corrected chi connectivity index (χ2v) is 4.50. The summed E-state index contributed by atoms with van der Waals surface area (Å²) >= 11 is 0. The zero-order chi connectivity index (χ0) is 12.4. The van der Waals surface area contributed by atoms with E-state index in [2.05, 4.69) is 10.1 Å². The van der Waals surface area contributed by atoms with E-state index in [0.717, 1.165) is 18.7 Å². The number of rotatable bonds is 4. The lowest BCUT2D eigenvalue weighted by atomic mass is 9.85. The van der Waals surface area contributed by atoms with Gasteiger partial charge in [0.25, 0.3) is 5.89 Å². The van der Waals surface area contributed by atoms with Crippen LogP contribution in [0.4, 0.5) is 5.69 Å². The summed E-state index contributed by atoms with van der Waals surface area (Å²) < 4.78 is 10.7. The van der Waals surface area contributed by atoms with Gasteiger partial charge >= 0.3 is 0 Å². The largest absolute Gasteiger partial charge is 0.482 e. The van der Waals surface area contributed by atoms with Gasteiger partial charge in [-0.3, -0.25) is 0 Å². The van der Waals surface area contributed by atoms with Gasteiger partial charge in [0.2, 0.25) is 0 Å². The SMILES string of the molecule is Nc1ccccc1OCc1nc(C2CCC2)no1. The third kappa shape index (κ3) is 2.16. The van der Waals surface area contributed by atoms with Crippen LogP contribution >= 0.6 is 0 Å². The van der Waals surface area contributed by atoms with Crippen LogP contribution in [-0.2, 0) is 6.61 Å². The minimum Gasteiger partial charge on any atom is -0.482 e. The third-order valence-electron chi connectivity index (χ3n) is 3.22. The number of benzene rings is 1. The van der Waals surface area contributed by atoms with Gasteiger partial charge in [-0.15, -0.1) is 0 Å². The van der Waals surface area contributed by atoms with E-state index in [1.807, 2.05) is 18.2 Å². The smallest absolute Gasteiger partial charge is 0.264 e. The summed E-state index contributed by atoms with van der Waals surface area (Å²) in [6, 6.07) is 7.35. The highest BCUT2D eigenvalue weighted by molar-refractivity contribution is 5.51. The molecule has 94 valence electrons. The maximum absolute atomic E-state index is 5.78. The van der Waals surface area contributed by atoms with Gasteiger partial charge < -0.3 is 15.0 Å². The van der Waals surface area contributed by atoms with Crippen molar-refractivity contribution in [1.82, 2.24) is 10.1 Å². The van der Waals surface area contributed by atoms with E-state index in [9.17, 15) is 0 Å². The number of hydrogen-bond acceptors (Lipinski definition) is 5. The average molecular weight is 245 g/mol. The van der Waals surface area contributed by atoms with Crippen LogP contribution in [0.3, 0.4) is 0 Å². The molecule has 1 aromatic heterocycles. The molecule has 0 saturated heterocycles. The van der Waals surface area contributed by atoms with E-state index in [1.54, 1.807) is 6.07 Å². The van der Waals surface area contributed by atoms with Gasteiger partial charge in [0, 0.05) is 5.92 Å². The second kappa shape index (κ2) is 4.68. The Bertz CT molecular complexity index is 535. The molecular formula is C13H15N3O2. The molecule has 2 N–H and O–H groups in total. The van der Waals surface area contributed by atoms with Crippen molar-refractivity contribution < 1.29 is 9.26 Å². The zero-order valence-electron chi connectivity index (χ0n) is 10.0. The first-order valence-corrected chi connectivity index (χ1v) is 6.13. The van der Waals surface area contributed by atoms with Gasteiger partial charge in [-0.2, -0.15) is 4.98 Å². The quantitative estimate of drug-likeness (QED) is 0.838. The van der Waals surface area contributed by atoms with E-state index < -0.39 is 0 Å². The van der Waals surface area contributed by atoms with Crippen molar-refractivity contribution in [2.24, 2.45) is 0 Å². The van der Waals surface area contributed by atoms with Crippen LogP contribution < -0.4 is 10.5 Å². The molecule has 0 spiro atoms. The van der Waals surface area contributed by atoms with Crippen LogP contribution in [0.1, 0.15) is 36.9 Å². The van der Waals surface area contributed by atoms with Crippen molar-refractivity contribution in [1.29, 1.82) is 0 Å². The highest BCUT2D eigenvalue weighted by Crippen LogP contribution is 2.34. The van der Waals surface area contributed by atoms with Crippen LogP contribution in [0.15, 0.2) is 28.8 Å². The van der Waals surface area contributed by atoms with E-state index in [1.165, 1.54) is 6.42 Å². The second-order valence-electron chi connectivity index (χ2n) is 4.50. The Balaban J connectivity index is 1.63. The van der Waals surface area contributed by atoms with Gasteiger partial charge in [0.1, 0.15) is 5.75 Å². The minimum atomic E-state index is 0.258. The third-order valence-corrected chi connectivity index (χ3v) is 3.22. The number of nitrogen functional groups attached to an aromatic ring is 1. The molecule has 0 amide bonds. The molecule has 1 aliphatic carbocycles. The van der Waals surface area contributed by atoms with E-state index in [4.69, 9.17) is 15.0 Å². The fraction of sp³-hybridized carbons (Fsp3) is 0.385. The lowest BCUT2D eigenvalue weighted by molar-refractivity contribution is 0.242. The monoisotopic (exact) mass is 245 g/mol. The molecule has 18 heavy (non-hydrogen) atoms. The van der Waals surface area contributed by atoms with Crippen LogP contribution in [0.2, 0.25) is 0 Å². The fourth-order valence-corrected chi connectivity index (χ4v) is 1.91. The number of ether oxygens (including phenoxy) is 1. The Hall–Kier alpha value is -2.04. The van der Waals surface area contributed by atoms with Gasteiger partial charge in [0.15, 0.2) is 12.4 Å². The van der Waals surface area contributed by atoms with Crippen LogP contribution in [-0.4, -0.2) is 10.1 Å². The van der Waals surface area contributed by atoms with Crippen molar-refractivity contribution in [2.45, 2.75) is 31.8 Å². The van der Waals surface area contributed by atoms with Gasteiger partial charge in [-0.1, -0.05) is 23.7 Å². The summed E-state index contributed by atoms with van der Waals surface area (Å²) in [6.07, 6.45) is 3.57. The number of para-hydroxylation sites is 2. The standard InChI is InChI=1S/C13H15N3O2/c14-10-6-1-2-7-11(10)17-8-12-15-13(16-18-12)9-4-3-5-9/h1-2,6-7,9H,3-5,8,14H2. The highest BCUT2D eigenvalue weighted by Gasteiger charge is 2.24. The van der Waals surface area contributed by atoms with Crippen LogP contribution in [0, 0.1) is 0 Å². The minimum absolute atomic E-state index is 0.258. The fourth-order valence-electron chi connectivity index (χ4n) is 1.91. The molecule has 0 radical (unpaired) electrons. The summed E-state index contributed by atoms with van der Waals surface area (Å²) in [7, 11) is 0. The first-order valence-electron chi connectivity index (χ1n) is 6.13. The lowest BCUT2D eigenvalue weighted by Crippen LogP contribution is -2.10. The molecular weight excluding hydrogens is 230 g/mol. The van der Waals surface area contributed by atoms with Gasteiger partial charge in [0.05, 0.1) is 5.69 Å². The molecule has 2 aromatic rings. The van der Waals surface area contributed by atoms with Crippen molar-refractivity contribution in [3.05, 3.63) is 36.0 Å². The topological polar surface area (TPSA) is 74.2 Å². The van der Waals surface area contributed by atoms with Crippen LogP contribution in [0.5, 0.6) is 5.75 Å². The molecule has 1 fully saturated rings. The molecule has 1 aliphatic rings. The van der Waals surface area contributed by atoms with Gasteiger partial charge in [-0.05, 0) is 25.0 Å². The zero-order valence-corrected chi connectivity index (χ0v) is 10.0. The molecule has 0 atom stereocenters. The molecule has 0 bridgehead atoms. The number of hydrogen-bond donors (Lipinski definition) is 1. The maximum Gasteiger partial charge on any atom is 0.264 e. The van der Waals surface area contributed by atoms with Crippen LogP contribution in [0.25, 0.3) is 0 Å². The summed E-state index contributed by atoms with van der Waals surface area (Å²) in [5, 5.41) is 3.98. The summed E-state index contributed by atoms with van der Waals surface area (Å²) in [4.78, 5) is 4.33. The first kappa shape index (κ1) is 11.1. The summed E-state index contributed by atoms with van der Waals surface area (Å²) in [6.45, 7) is 0.258. The predicted octanol–water partition coefficient (Wildman–Crippen LogP) is 2.50. The van der Waals surface area contributed by atoms with Crippen molar-refractivity contribution >= 4 is 5.69 Å². The number of nitrogens with zero attached hydrogens (tertiary/aromatic N) is 2. The van der Waals surface area contributed by atoms with Crippen molar-refractivity contribution in [2.75, 3.05) is 5.73 Å². The number of nitrogens with two attached hydrogens (primary N) is 1. The molecule has 1 heterocycles. The Kier molecular flexibility index (Phi) is 2.88. The molecule has 5 heteroatoms. The molecule has 1 aromatic carbocycles. The summed E-state index contributed by atoms with van der Waals surface area (Å²) in [5.74, 6) is 2.42. The Morgan fingerprint density at radius 3 is 2.89 bits per heavy atom. The predicted molar refractivity (Wildman–Crippen MR) is 66.1 cm³/mol. The average Bonchev–Trinajstić information content (AvgIpc) is 2.74. The highest BCUT2D eigenvalue weighted by atomic mass is 16.5. The van der Waals surface area contributed by atoms with Gasteiger partial charge in [-0.25, -0.2) is 0 Å². The van der Waals surface area contributed by atoms with E-state index in [0.29, 0.717) is 23.2 Å². The Morgan fingerprint density at radius 2 is 2.17 bits per heavy atom. The Labute approximate surface area is 105 Å². The molecule has 0 aliphatic heterocycles. The normalized spacial score (nSPS) is 15.3. The molecule has 5 nitrogen and oxygen atoms in total. The summed E-state index contributed by atoms with van der Waals surface area (Å²) in [5.41, 5.74) is 6.38. The molecule has 0 unspecified atom stereocenters. The van der Waals surface area contributed by atoms with Crippen molar-refractivity contribution in [3.63, 3.8) is 0 Å². The Morgan fingerprint density at radius 1 is 1.33 bits per heavy atom. The number of anilines is 1. The maximum atomic E-state index is 5.78. The number of aromatic nitrogens is 2. The lowest BCUT2D eigenvalue weighted by Gasteiger charge is -2.20. The van der Waals surface area contributed by atoms with E-state index >= 15 is 0 Å².